The van der Waals surface area contributed by atoms with Crippen molar-refractivity contribution < 1.29 is 0 Å². The van der Waals surface area contributed by atoms with Crippen molar-refractivity contribution >= 4 is 22.0 Å². The first kappa shape index (κ1) is 18.9. The molecule has 0 aromatic carbocycles. The second-order valence-corrected chi connectivity index (χ2v) is 19.7. The fourth-order valence-corrected chi connectivity index (χ4v) is 20.0. The summed E-state index contributed by atoms with van der Waals surface area (Å²) < 4.78 is 6.23. The Morgan fingerprint density at radius 1 is 0.762 bits per heavy atom. The Morgan fingerprint density at radius 2 is 1.29 bits per heavy atom. The second-order valence-electron chi connectivity index (χ2n) is 6.53. The van der Waals surface area contributed by atoms with E-state index >= 15 is 0 Å². The molecule has 120 valence electrons. The van der Waals surface area contributed by atoms with Crippen LogP contribution in [0.5, 0.6) is 0 Å². The van der Waals surface area contributed by atoms with Crippen LogP contribution in [0.15, 0.2) is 12.4 Å². The SMILES string of the molecule is CCCC[CH2][Sn]([CH2]CCC)([CH2]CCC)[c]1cnncc1C. The van der Waals surface area contributed by atoms with Crippen molar-refractivity contribution in [3.63, 3.8) is 0 Å². The maximum atomic E-state index is 4.26. The minimum atomic E-state index is -2.28. The molecule has 21 heavy (non-hydrogen) atoms. The van der Waals surface area contributed by atoms with E-state index in [9.17, 15) is 0 Å². The van der Waals surface area contributed by atoms with E-state index in [1.165, 1.54) is 63.8 Å². The van der Waals surface area contributed by atoms with E-state index in [-0.39, 0.29) is 0 Å². The topological polar surface area (TPSA) is 25.8 Å². The third kappa shape index (κ3) is 5.88. The summed E-state index contributed by atoms with van der Waals surface area (Å²) >= 11 is -2.28. The fourth-order valence-electron chi connectivity index (χ4n) is 3.46. The monoisotopic (exact) mass is 398 g/mol. The first-order valence-electron chi connectivity index (χ1n) is 8.98. The summed E-state index contributed by atoms with van der Waals surface area (Å²) in [4.78, 5) is 0. The van der Waals surface area contributed by atoms with Gasteiger partial charge in [-0.25, -0.2) is 0 Å². The van der Waals surface area contributed by atoms with Crippen LogP contribution in [-0.4, -0.2) is 28.6 Å². The van der Waals surface area contributed by atoms with E-state index < -0.39 is 18.4 Å². The van der Waals surface area contributed by atoms with Crippen molar-refractivity contribution in [2.24, 2.45) is 0 Å². The molecule has 1 rings (SSSR count). The number of unbranched alkanes of at least 4 members (excludes halogenated alkanes) is 4. The van der Waals surface area contributed by atoms with Gasteiger partial charge in [-0.3, -0.25) is 0 Å². The summed E-state index contributed by atoms with van der Waals surface area (Å²) in [5.74, 6) is 0. The van der Waals surface area contributed by atoms with Crippen LogP contribution < -0.4 is 3.58 Å². The molecule has 0 saturated heterocycles. The molecular formula is C18H34N2Sn. The average Bonchev–Trinajstić information content (AvgIpc) is 2.50. The molecule has 0 unspecified atom stereocenters. The molecule has 0 spiro atoms. The maximum absolute atomic E-state index is 4.26. The Kier molecular flexibility index (Phi) is 9.53. The number of hydrogen-bond donors (Lipinski definition) is 0. The average molecular weight is 397 g/mol. The fraction of sp³-hybridized carbons (Fsp3) is 0.778. The molecule has 0 aliphatic carbocycles. The number of aromatic nitrogens is 2. The molecule has 0 N–H and O–H groups in total. The van der Waals surface area contributed by atoms with Gasteiger partial charge in [0.2, 0.25) is 0 Å². The molecule has 0 atom stereocenters. The Hall–Kier alpha value is -0.121. The third-order valence-corrected chi connectivity index (χ3v) is 20.8. The molecule has 0 aliphatic heterocycles. The Morgan fingerprint density at radius 3 is 1.81 bits per heavy atom. The van der Waals surface area contributed by atoms with Crippen molar-refractivity contribution in [1.82, 2.24) is 10.2 Å². The zero-order chi connectivity index (χ0) is 15.6. The summed E-state index contributed by atoms with van der Waals surface area (Å²) in [5.41, 5.74) is 1.42. The normalized spacial score (nSPS) is 11.8. The van der Waals surface area contributed by atoms with Gasteiger partial charge >= 0.3 is 136 Å². The summed E-state index contributed by atoms with van der Waals surface area (Å²) in [5, 5.41) is 8.36. The van der Waals surface area contributed by atoms with Crippen LogP contribution in [0.1, 0.15) is 71.3 Å². The number of aryl methyl sites for hydroxylation is 1. The molecule has 0 saturated carbocycles. The van der Waals surface area contributed by atoms with Crippen molar-refractivity contribution in [3.05, 3.63) is 18.0 Å². The molecule has 0 amide bonds. The molecule has 2 nitrogen and oxygen atoms in total. The standard InChI is InChI=1S/C5H5N2.C5H11.2C4H9.Sn/c1-5-2-3-6-7-4-5;1-3-5-4-2;2*1-3-4-2;/h3-4H,1H3;1,3-5H2,2H3;2*1,3-4H2,2H3;. The van der Waals surface area contributed by atoms with Crippen LogP contribution in [0.4, 0.5) is 0 Å². The van der Waals surface area contributed by atoms with Gasteiger partial charge in [0.25, 0.3) is 0 Å². The Balaban J connectivity index is 3.04. The van der Waals surface area contributed by atoms with E-state index in [0.717, 1.165) is 0 Å². The van der Waals surface area contributed by atoms with Gasteiger partial charge in [-0.05, 0) is 0 Å². The van der Waals surface area contributed by atoms with Crippen LogP contribution in [0.2, 0.25) is 13.3 Å². The second kappa shape index (κ2) is 10.6. The molecule has 3 heteroatoms. The van der Waals surface area contributed by atoms with Crippen LogP contribution in [0.3, 0.4) is 0 Å². The van der Waals surface area contributed by atoms with Gasteiger partial charge in [0, 0.05) is 0 Å². The van der Waals surface area contributed by atoms with E-state index in [1.807, 2.05) is 6.20 Å². The van der Waals surface area contributed by atoms with Crippen molar-refractivity contribution in [2.45, 2.75) is 86.0 Å². The molecule has 1 aromatic rings. The van der Waals surface area contributed by atoms with Crippen LogP contribution >= 0.6 is 0 Å². The molecule has 1 aromatic heterocycles. The van der Waals surface area contributed by atoms with Gasteiger partial charge in [-0.1, -0.05) is 0 Å². The molecule has 0 aliphatic rings. The van der Waals surface area contributed by atoms with Gasteiger partial charge in [0.05, 0.1) is 0 Å². The summed E-state index contributed by atoms with van der Waals surface area (Å²) in [6.07, 6.45) is 13.8. The first-order valence-corrected chi connectivity index (χ1v) is 16.5. The van der Waals surface area contributed by atoms with E-state index in [0.29, 0.717) is 0 Å². The zero-order valence-corrected chi connectivity index (χ0v) is 17.5. The van der Waals surface area contributed by atoms with Crippen molar-refractivity contribution in [2.75, 3.05) is 0 Å². The van der Waals surface area contributed by atoms with Crippen LogP contribution in [-0.2, 0) is 0 Å². The number of rotatable bonds is 11. The van der Waals surface area contributed by atoms with Gasteiger partial charge in [0.15, 0.2) is 0 Å². The summed E-state index contributed by atoms with van der Waals surface area (Å²) in [7, 11) is 0. The number of nitrogens with zero attached hydrogens (tertiary/aromatic N) is 2. The van der Waals surface area contributed by atoms with Gasteiger partial charge in [-0.2, -0.15) is 0 Å². The first-order chi connectivity index (χ1) is 10.2. The molecular weight excluding hydrogens is 363 g/mol. The minimum absolute atomic E-state index is 1.33. The van der Waals surface area contributed by atoms with Crippen LogP contribution in [0, 0.1) is 6.92 Å². The number of hydrogen-bond acceptors (Lipinski definition) is 2. The Labute approximate surface area is 136 Å². The van der Waals surface area contributed by atoms with Crippen LogP contribution in [0.25, 0.3) is 0 Å². The molecule has 0 bridgehead atoms. The Bertz CT molecular complexity index is 385. The summed E-state index contributed by atoms with van der Waals surface area (Å²) in [6.45, 7) is 9.24. The van der Waals surface area contributed by atoms with Crippen molar-refractivity contribution in [1.29, 1.82) is 0 Å². The summed E-state index contributed by atoms with van der Waals surface area (Å²) in [6, 6.07) is 0. The predicted octanol–water partition coefficient (Wildman–Crippen LogP) is 5.23. The molecule has 1 heterocycles. The van der Waals surface area contributed by atoms with E-state index in [4.69, 9.17) is 0 Å². The van der Waals surface area contributed by atoms with Gasteiger partial charge in [-0.15, -0.1) is 0 Å². The third-order valence-electron chi connectivity index (χ3n) is 4.78. The predicted molar refractivity (Wildman–Crippen MR) is 95.9 cm³/mol. The van der Waals surface area contributed by atoms with Crippen molar-refractivity contribution in [3.8, 4) is 0 Å². The quantitative estimate of drug-likeness (QED) is 0.378. The van der Waals surface area contributed by atoms with Gasteiger partial charge < -0.3 is 0 Å². The molecule has 0 fully saturated rings. The molecule has 0 radical (unpaired) electrons. The van der Waals surface area contributed by atoms with Gasteiger partial charge in [0.1, 0.15) is 0 Å². The van der Waals surface area contributed by atoms with E-state index in [1.54, 1.807) is 3.58 Å². The van der Waals surface area contributed by atoms with E-state index in [2.05, 4.69) is 44.1 Å². The zero-order valence-electron chi connectivity index (χ0n) is 14.6.